The second-order valence-corrected chi connectivity index (χ2v) is 10.4. The largest absolute Gasteiger partial charge is 0.493 e. The first kappa shape index (κ1) is 27.4. The number of halogens is 4. The van der Waals surface area contributed by atoms with Gasteiger partial charge in [0, 0.05) is 19.2 Å². The molecule has 0 saturated carbocycles. The van der Waals surface area contributed by atoms with Crippen LogP contribution in [0.1, 0.15) is 18.4 Å². The van der Waals surface area contributed by atoms with Crippen LogP contribution in [0.25, 0.3) is 0 Å². The van der Waals surface area contributed by atoms with Gasteiger partial charge in [0.15, 0.2) is 5.96 Å². The first-order valence-electron chi connectivity index (χ1n) is 10.7. The third kappa shape index (κ3) is 6.52. The normalized spacial score (nSPS) is 14.9. The number of guanidine groups is 1. The van der Waals surface area contributed by atoms with Gasteiger partial charge >= 0.3 is 12.1 Å². The smallest absolute Gasteiger partial charge is 0.416 e. The van der Waals surface area contributed by atoms with Gasteiger partial charge in [-0.1, -0.05) is 23.7 Å². The monoisotopic (exact) mass is 548 g/mol. The maximum atomic E-state index is 13.7. The van der Waals surface area contributed by atoms with Gasteiger partial charge in [-0.2, -0.15) is 13.2 Å². The maximum absolute atomic E-state index is 13.7. The van der Waals surface area contributed by atoms with Crippen molar-refractivity contribution in [3.05, 3.63) is 53.1 Å². The molecule has 0 aromatic heterocycles. The van der Waals surface area contributed by atoms with Crippen molar-refractivity contribution in [1.82, 2.24) is 4.90 Å². The van der Waals surface area contributed by atoms with Crippen LogP contribution < -0.4 is 14.8 Å². The lowest BCUT2D eigenvalue weighted by atomic mass is 9.98. The number of nitrogens with one attached hydrogen (secondary N) is 1. The van der Waals surface area contributed by atoms with Crippen LogP contribution in [0.3, 0.4) is 0 Å². The van der Waals surface area contributed by atoms with Gasteiger partial charge in [0.05, 0.1) is 22.9 Å². The number of hydrogen-bond donors (Lipinski definition) is 3. The van der Waals surface area contributed by atoms with Crippen molar-refractivity contribution in [2.45, 2.75) is 23.9 Å². The van der Waals surface area contributed by atoms with Gasteiger partial charge in [-0.05, 0) is 43.0 Å². The van der Waals surface area contributed by atoms with Crippen molar-refractivity contribution in [2.24, 2.45) is 11.7 Å². The van der Waals surface area contributed by atoms with Gasteiger partial charge < -0.3 is 20.5 Å². The molecular formula is C22H24ClF3N4O5S. The molecule has 4 N–H and O–H groups in total. The molecule has 0 spiro atoms. The fraction of sp³-hybridized carbons (Fsp3) is 0.364. The van der Waals surface area contributed by atoms with E-state index in [9.17, 15) is 31.5 Å². The molecule has 0 aliphatic carbocycles. The Labute approximate surface area is 210 Å². The Hall–Kier alpha value is -3.19. The van der Waals surface area contributed by atoms with Crippen molar-refractivity contribution in [3.8, 4) is 5.75 Å². The fourth-order valence-corrected chi connectivity index (χ4v) is 5.63. The topological polar surface area (TPSA) is 137 Å². The van der Waals surface area contributed by atoms with Crippen LogP contribution in [0.2, 0.25) is 5.02 Å². The Bertz CT molecular complexity index is 1230. The number of rotatable bonds is 8. The number of carboxylic acids is 1. The molecule has 1 heterocycles. The molecule has 0 amide bonds. The molecule has 0 bridgehead atoms. The van der Waals surface area contributed by atoms with Crippen LogP contribution in [0.5, 0.6) is 5.75 Å². The highest BCUT2D eigenvalue weighted by Gasteiger charge is 2.35. The van der Waals surface area contributed by atoms with Gasteiger partial charge in [-0.25, -0.2) is 8.42 Å². The predicted octanol–water partition coefficient (Wildman–Crippen LogP) is 3.62. The van der Waals surface area contributed by atoms with E-state index in [1.54, 1.807) is 4.90 Å². The minimum absolute atomic E-state index is 0.0272. The minimum Gasteiger partial charge on any atom is -0.493 e. The number of anilines is 1. The van der Waals surface area contributed by atoms with Crippen molar-refractivity contribution in [3.63, 3.8) is 0 Å². The predicted molar refractivity (Wildman–Crippen MR) is 127 cm³/mol. The van der Waals surface area contributed by atoms with Gasteiger partial charge in [0.2, 0.25) is 0 Å². The summed E-state index contributed by atoms with van der Waals surface area (Å²) in [6, 6.07) is 7.55. The lowest BCUT2D eigenvalue weighted by Crippen LogP contribution is -2.43. The molecule has 0 atom stereocenters. The average Bonchev–Trinajstić information content (AvgIpc) is 2.80. The Morgan fingerprint density at radius 2 is 1.86 bits per heavy atom. The van der Waals surface area contributed by atoms with Gasteiger partial charge in [0.1, 0.15) is 17.2 Å². The lowest BCUT2D eigenvalue weighted by molar-refractivity contribution is -0.137. The number of sulfonamides is 1. The number of ether oxygens (including phenoxy) is 1. The van der Waals surface area contributed by atoms with E-state index in [1.165, 1.54) is 18.2 Å². The molecule has 2 aromatic carbocycles. The molecule has 196 valence electrons. The number of benzene rings is 2. The molecular weight excluding hydrogens is 525 g/mol. The van der Waals surface area contributed by atoms with Crippen LogP contribution in [-0.4, -0.2) is 56.6 Å². The first-order valence-corrected chi connectivity index (χ1v) is 12.5. The molecule has 14 heteroatoms. The van der Waals surface area contributed by atoms with Crippen LogP contribution in [0, 0.1) is 11.3 Å². The van der Waals surface area contributed by atoms with E-state index in [-0.39, 0.29) is 29.3 Å². The molecule has 9 nitrogen and oxygen atoms in total. The highest BCUT2D eigenvalue weighted by Crippen LogP contribution is 2.37. The maximum Gasteiger partial charge on any atom is 0.416 e. The van der Waals surface area contributed by atoms with Gasteiger partial charge in [-0.15, -0.1) is 0 Å². The van der Waals surface area contributed by atoms with E-state index < -0.39 is 44.9 Å². The summed E-state index contributed by atoms with van der Waals surface area (Å²) in [4.78, 5) is 12.7. The van der Waals surface area contributed by atoms with E-state index in [1.807, 2.05) is 0 Å². The molecule has 36 heavy (non-hydrogen) atoms. The zero-order valence-electron chi connectivity index (χ0n) is 18.8. The number of likely N-dealkylation sites (tertiary alicyclic amines) is 1. The van der Waals surface area contributed by atoms with E-state index in [4.69, 9.17) is 27.5 Å². The zero-order chi connectivity index (χ0) is 26.7. The number of alkyl halides is 3. The third-order valence-electron chi connectivity index (χ3n) is 5.63. The van der Waals surface area contributed by atoms with E-state index in [0.717, 1.165) is 18.2 Å². The number of piperidine rings is 1. The Morgan fingerprint density at radius 3 is 2.42 bits per heavy atom. The number of carbonyl (C=O) groups is 1. The molecule has 2 aromatic rings. The van der Waals surface area contributed by atoms with Crippen molar-refractivity contribution < 1.29 is 36.2 Å². The first-order chi connectivity index (χ1) is 16.8. The second-order valence-electron chi connectivity index (χ2n) is 8.18. The zero-order valence-corrected chi connectivity index (χ0v) is 20.4. The van der Waals surface area contributed by atoms with Crippen molar-refractivity contribution in [2.75, 3.05) is 30.5 Å². The highest BCUT2D eigenvalue weighted by atomic mass is 35.5. The number of carboxylic acid groups (broad SMARTS) is 1. The van der Waals surface area contributed by atoms with E-state index in [2.05, 4.69) is 0 Å². The SMILES string of the molecule is N=C(N)N1CCC(COc2cc(N(CC(=O)O)S(=O)(=O)c3ccccc3Cl)cc(C(F)(F)F)c2)CC1. The van der Waals surface area contributed by atoms with Gasteiger partial charge in [-0.3, -0.25) is 14.5 Å². The summed E-state index contributed by atoms with van der Waals surface area (Å²) in [6.45, 7) is -0.0974. The molecule has 1 fully saturated rings. The van der Waals surface area contributed by atoms with Crippen LogP contribution in [-0.2, 0) is 21.0 Å². The van der Waals surface area contributed by atoms with Crippen molar-refractivity contribution in [1.29, 1.82) is 5.41 Å². The molecule has 0 radical (unpaired) electrons. The quantitative estimate of drug-likeness (QED) is 0.338. The number of aliphatic carboxylic acids is 1. The highest BCUT2D eigenvalue weighted by molar-refractivity contribution is 7.93. The fourth-order valence-electron chi connectivity index (χ4n) is 3.74. The Kier molecular flexibility index (Phi) is 8.24. The summed E-state index contributed by atoms with van der Waals surface area (Å²) in [7, 11) is -4.65. The molecule has 3 rings (SSSR count). The average molecular weight is 549 g/mol. The van der Waals surface area contributed by atoms with Crippen LogP contribution in [0.15, 0.2) is 47.4 Å². The number of hydrogen-bond acceptors (Lipinski definition) is 5. The number of nitrogens with zero attached hydrogens (tertiary/aromatic N) is 2. The third-order valence-corrected chi connectivity index (χ3v) is 7.90. The molecule has 1 aliphatic rings. The van der Waals surface area contributed by atoms with Crippen LogP contribution in [0.4, 0.5) is 18.9 Å². The Morgan fingerprint density at radius 1 is 1.22 bits per heavy atom. The van der Waals surface area contributed by atoms with Crippen LogP contribution >= 0.6 is 11.6 Å². The lowest BCUT2D eigenvalue weighted by Gasteiger charge is -2.32. The van der Waals surface area contributed by atoms with E-state index >= 15 is 0 Å². The molecule has 1 aliphatic heterocycles. The van der Waals surface area contributed by atoms with Gasteiger partial charge in [0.25, 0.3) is 10.0 Å². The summed E-state index contributed by atoms with van der Waals surface area (Å²) in [6.07, 6.45) is -3.67. The summed E-state index contributed by atoms with van der Waals surface area (Å²) in [5.74, 6) is -1.93. The molecule has 1 saturated heterocycles. The number of nitrogens with two attached hydrogens (primary N) is 1. The summed E-state index contributed by atoms with van der Waals surface area (Å²) in [5.41, 5.74) is 3.73. The second kappa shape index (κ2) is 10.8. The summed E-state index contributed by atoms with van der Waals surface area (Å²) >= 11 is 6.00. The van der Waals surface area contributed by atoms with Crippen molar-refractivity contribution >= 4 is 39.2 Å². The Balaban J connectivity index is 1.96. The molecule has 0 unspecified atom stereocenters. The minimum atomic E-state index is -4.86. The standard InChI is InChI=1S/C22H24ClF3N4O5S/c23-18-3-1-2-4-19(18)36(33,34)30(12-20(31)32)16-9-15(22(24,25)26)10-17(11-16)35-13-14-5-7-29(8-6-14)21(27)28/h1-4,9-11,14H,5-8,12-13H2,(H3,27,28)(H,31,32). The van der Waals surface area contributed by atoms with E-state index in [0.29, 0.717) is 36.3 Å². The summed E-state index contributed by atoms with van der Waals surface area (Å²) in [5, 5.41) is 16.6. The summed E-state index contributed by atoms with van der Waals surface area (Å²) < 4.78 is 73.5.